The average Bonchev–Trinajstić information content (AvgIpc) is 2.69. The van der Waals surface area contributed by atoms with Crippen molar-refractivity contribution in [3.05, 3.63) is 29.6 Å². The molecule has 0 unspecified atom stereocenters. The van der Waals surface area contributed by atoms with E-state index in [0.29, 0.717) is 17.3 Å². The Morgan fingerprint density at radius 2 is 2.05 bits per heavy atom. The van der Waals surface area contributed by atoms with E-state index in [1.807, 2.05) is 4.57 Å². The van der Waals surface area contributed by atoms with E-state index >= 15 is 0 Å². The quantitative estimate of drug-likeness (QED) is 0.758. The normalized spacial score (nSPS) is 16.6. The second-order valence-corrected chi connectivity index (χ2v) is 5.54. The second kappa shape index (κ2) is 4.95. The lowest BCUT2D eigenvalue weighted by Gasteiger charge is -2.26. The highest BCUT2D eigenvalue weighted by atomic mass is 35.5. The Hall–Kier alpha value is -1.23. The van der Waals surface area contributed by atoms with Crippen molar-refractivity contribution in [2.75, 3.05) is 0 Å². The van der Waals surface area contributed by atoms with Gasteiger partial charge in [-0.3, -0.25) is 0 Å². The van der Waals surface area contributed by atoms with Crippen LogP contribution in [0, 0.1) is 5.92 Å². The Morgan fingerprint density at radius 3 is 2.60 bits per heavy atom. The molecule has 2 aromatic rings. The van der Waals surface area contributed by atoms with Crippen LogP contribution in [0.3, 0.4) is 0 Å². The number of hydrogen-bond donors (Lipinski definition) is 0. The molecular formula is C14H14ClF3N2. The molecule has 1 aliphatic rings. The van der Waals surface area contributed by atoms with Crippen LogP contribution in [0.25, 0.3) is 11.0 Å². The summed E-state index contributed by atoms with van der Waals surface area (Å²) in [6.45, 7) is 0.796. The van der Waals surface area contributed by atoms with Crippen LogP contribution in [0.15, 0.2) is 18.2 Å². The van der Waals surface area contributed by atoms with Crippen molar-refractivity contribution in [1.82, 2.24) is 9.55 Å². The lowest BCUT2D eigenvalue weighted by Crippen LogP contribution is -2.19. The van der Waals surface area contributed by atoms with Gasteiger partial charge in [-0.1, -0.05) is 6.42 Å². The first-order valence-electron chi connectivity index (χ1n) is 6.61. The summed E-state index contributed by atoms with van der Waals surface area (Å²) in [6, 6.07) is 3.71. The predicted octanol–water partition coefficient (Wildman–Crippen LogP) is 4.59. The smallest absolute Gasteiger partial charge is 0.327 e. The molecule has 1 aromatic heterocycles. The summed E-state index contributed by atoms with van der Waals surface area (Å²) in [4.78, 5) is 4.25. The third-order valence-corrected chi connectivity index (χ3v) is 4.18. The van der Waals surface area contributed by atoms with Gasteiger partial charge in [0.1, 0.15) is 5.82 Å². The van der Waals surface area contributed by atoms with Crippen LogP contribution in [0.4, 0.5) is 13.2 Å². The summed E-state index contributed by atoms with van der Waals surface area (Å²) < 4.78 is 40.1. The lowest BCUT2D eigenvalue weighted by molar-refractivity contribution is -0.137. The SMILES string of the molecule is FC(F)(F)c1ccc2c(c1)nc(CCl)n2CC1CCC1. The molecule has 0 N–H and O–H groups in total. The zero-order chi connectivity index (χ0) is 14.3. The van der Waals surface area contributed by atoms with Gasteiger partial charge in [0, 0.05) is 6.54 Å². The Labute approximate surface area is 119 Å². The molecule has 0 amide bonds. The van der Waals surface area contributed by atoms with Gasteiger partial charge in [-0.05, 0) is 37.0 Å². The first kappa shape index (κ1) is 13.7. The number of hydrogen-bond acceptors (Lipinski definition) is 1. The van der Waals surface area contributed by atoms with E-state index in [1.54, 1.807) is 0 Å². The number of imidazole rings is 1. The first-order chi connectivity index (χ1) is 9.49. The number of rotatable bonds is 3. The summed E-state index contributed by atoms with van der Waals surface area (Å²) in [7, 11) is 0. The Balaban J connectivity index is 2.04. The summed E-state index contributed by atoms with van der Waals surface area (Å²) >= 11 is 5.87. The third-order valence-electron chi connectivity index (χ3n) is 3.94. The van der Waals surface area contributed by atoms with Crippen LogP contribution in [0.1, 0.15) is 30.7 Å². The maximum Gasteiger partial charge on any atom is 0.416 e. The zero-order valence-electron chi connectivity index (χ0n) is 10.8. The van der Waals surface area contributed by atoms with E-state index in [4.69, 9.17) is 11.6 Å². The van der Waals surface area contributed by atoms with E-state index in [9.17, 15) is 13.2 Å². The Kier molecular flexibility index (Phi) is 3.40. The van der Waals surface area contributed by atoms with Crippen molar-refractivity contribution < 1.29 is 13.2 Å². The molecule has 0 spiro atoms. The first-order valence-corrected chi connectivity index (χ1v) is 7.15. The van der Waals surface area contributed by atoms with E-state index < -0.39 is 11.7 Å². The van der Waals surface area contributed by atoms with Gasteiger partial charge in [0.15, 0.2) is 0 Å². The molecule has 0 saturated heterocycles. The van der Waals surface area contributed by atoms with Crippen LogP contribution < -0.4 is 0 Å². The maximum atomic E-state index is 12.7. The van der Waals surface area contributed by atoms with Gasteiger partial charge in [0.05, 0.1) is 22.5 Å². The third kappa shape index (κ3) is 2.39. The molecule has 1 aromatic carbocycles. The minimum atomic E-state index is -4.34. The van der Waals surface area contributed by atoms with Gasteiger partial charge in [-0.2, -0.15) is 13.2 Å². The van der Waals surface area contributed by atoms with Crippen LogP contribution >= 0.6 is 11.6 Å². The predicted molar refractivity (Wildman–Crippen MR) is 71.6 cm³/mol. The molecule has 3 rings (SSSR count). The fourth-order valence-corrected chi connectivity index (χ4v) is 2.80. The topological polar surface area (TPSA) is 17.8 Å². The second-order valence-electron chi connectivity index (χ2n) is 5.27. The average molecular weight is 303 g/mol. The maximum absolute atomic E-state index is 12.7. The minimum Gasteiger partial charge on any atom is -0.327 e. The molecule has 108 valence electrons. The number of benzene rings is 1. The van der Waals surface area contributed by atoms with E-state index in [1.165, 1.54) is 25.3 Å². The van der Waals surface area contributed by atoms with E-state index in [-0.39, 0.29) is 5.88 Å². The summed E-state index contributed by atoms with van der Waals surface area (Å²) in [6.07, 6.45) is -0.775. The fraction of sp³-hybridized carbons (Fsp3) is 0.500. The van der Waals surface area contributed by atoms with Crippen molar-refractivity contribution in [3.63, 3.8) is 0 Å². The molecule has 1 saturated carbocycles. The molecule has 0 bridgehead atoms. The van der Waals surface area contributed by atoms with Gasteiger partial charge in [0.2, 0.25) is 0 Å². The highest BCUT2D eigenvalue weighted by Crippen LogP contribution is 2.33. The number of fused-ring (bicyclic) bond motifs is 1. The van der Waals surface area contributed by atoms with Crippen molar-refractivity contribution in [1.29, 1.82) is 0 Å². The fourth-order valence-electron chi connectivity index (χ4n) is 2.60. The number of alkyl halides is 4. The summed E-state index contributed by atoms with van der Waals surface area (Å²) in [5.41, 5.74) is 0.440. The van der Waals surface area contributed by atoms with Crippen molar-refractivity contribution in [2.45, 2.75) is 37.9 Å². The van der Waals surface area contributed by atoms with Crippen LogP contribution in [0.5, 0.6) is 0 Å². The van der Waals surface area contributed by atoms with Gasteiger partial charge >= 0.3 is 6.18 Å². The molecule has 0 radical (unpaired) electrons. The van der Waals surface area contributed by atoms with E-state index in [0.717, 1.165) is 24.2 Å². The standard InChI is InChI=1S/C14H14ClF3N2/c15-7-13-19-11-6-10(14(16,17)18)4-5-12(11)20(13)8-9-2-1-3-9/h4-6,9H,1-3,7-8H2. The number of aromatic nitrogens is 2. The monoisotopic (exact) mass is 302 g/mol. The van der Waals surface area contributed by atoms with Gasteiger partial charge in [-0.25, -0.2) is 4.98 Å². The van der Waals surface area contributed by atoms with Crippen LogP contribution in [-0.4, -0.2) is 9.55 Å². The largest absolute Gasteiger partial charge is 0.416 e. The summed E-state index contributed by atoms with van der Waals surface area (Å²) in [5.74, 6) is 1.45. The van der Waals surface area contributed by atoms with Crippen molar-refractivity contribution in [3.8, 4) is 0 Å². The molecule has 20 heavy (non-hydrogen) atoms. The molecule has 1 fully saturated rings. The molecule has 0 atom stereocenters. The number of halogens is 4. The molecular weight excluding hydrogens is 289 g/mol. The van der Waals surface area contributed by atoms with Crippen LogP contribution in [0.2, 0.25) is 0 Å². The van der Waals surface area contributed by atoms with Gasteiger partial charge in [-0.15, -0.1) is 11.6 Å². The Morgan fingerprint density at radius 1 is 1.30 bits per heavy atom. The van der Waals surface area contributed by atoms with Crippen molar-refractivity contribution >= 4 is 22.6 Å². The molecule has 2 nitrogen and oxygen atoms in total. The van der Waals surface area contributed by atoms with Crippen LogP contribution in [-0.2, 0) is 18.6 Å². The summed E-state index contributed by atoms with van der Waals surface area (Å²) in [5, 5.41) is 0. The molecule has 0 aliphatic heterocycles. The number of nitrogens with zero attached hydrogens (tertiary/aromatic N) is 2. The highest BCUT2D eigenvalue weighted by Gasteiger charge is 2.31. The zero-order valence-corrected chi connectivity index (χ0v) is 11.5. The van der Waals surface area contributed by atoms with Gasteiger partial charge < -0.3 is 4.57 Å². The van der Waals surface area contributed by atoms with Crippen molar-refractivity contribution in [2.24, 2.45) is 5.92 Å². The van der Waals surface area contributed by atoms with E-state index in [2.05, 4.69) is 4.98 Å². The minimum absolute atomic E-state index is 0.211. The Bertz CT molecular complexity index is 629. The molecule has 6 heteroatoms. The molecule has 1 heterocycles. The van der Waals surface area contributed by atoms with Gasteiger partial charge in [0.25, 0.3) is 0 Å². The highest BCUT2D eigenvalue weighted by molar-refractivity contribution is 6.16. The molecule has 1 aliphatic carbocycles. The lowest BCUT2D eigenvalue weighted by atomic mass is 9.85.